The van der Waals surface area contributed by atoms with E-state index in [-0.39, 0.29) is 0 Å². The normalized spacial score (nSPS) is 12.1. The first-order valence-corrected chi connectivity index (χ1v) is 16.6. The fraction of sp³-hybridized carbons (Fsp3) is 0.182. The van der Waals surface area contributed by atoms with Crippen LogP contribution in [-0.4, -0.2) is 19.5 Å². The Hall–Kier alpha value is -5.48. The van der Waals surface area contributed by atoms with Crippen LogP contribution in [0.25, 0.3) is 45.4 Å². The third kappa shape index (κ3) is 6.39. The van der Waals surface area contributed by atoms with Gasteiger partial charge in [0, 0.05) is 34.2 Å². The van der Waals surface area contributed by atoms with E-state index in [9.17, 15) is 0 Å². The third-order valence-electron chi connectivity index (χ3n) is 8.80. The van der Waals surface area contributed by atoms with E-state index in [0.29, 0.717) is 51.5 Å². The fourth-order valence-electron chi connectivity index (χ4n) is 7.02. The summed E-state index contributed by atoms with van der Waals surface area (Å²) in [5.41, 5.74) is 15.9. The van der Waals surface area contributed by atoms with Gasteiger partial charge in [0.05, 0.1) is 28.3 Å². The zero-order chi connectivity index (χ0) is 34.2. The fourth-order valence-corrected chi connectivity index (χ4v) is 7.02. The summed E-state index contributed by atoms with van der Waals surface area (Å²) in [6, 6.07) is 6.47. The van der Waals surface area contributed by atoms with Gasteiger partial charge in [-0.25, -0.2) is 9.97 Å². The summed E-state index contributed by atoms with van der Waals surface area (Å²) < 4.78 is 2.36. The average Bonchev–Trinajstić information content (AvgIpc) is 3.83. The van der Waals surface area contributed by atoms with Gasteiger partial charge < -0.3 is 9.55 Å². The van der Waals surface area contributed by atoms with Gasteiger partial charge in [-0.1, -0.05) is 48.6 Å². The lowest BCUT2D eigenvalue weighted by molar-refractivity contribution is 0.887. The largest absolute Gasteiger partial charge is 0.355 e. The highest BCUT2D eigenvalue weighted by Crippen LogP contribution is 2.42. The lowest BCUT2D eigenvalue weighted by Gasteiger charge is -2.12. The summed E-state index contributed by atoms with van der Waals surface area (Å²) in [6.45, 7) is 33.8. The van der Waals surface area contributed by atoms with Crippen LogP contribution in [0.4, 0.5) is 0 Å². The van der Waals surface area contributed by atoms with Crippen LogP contribution in [0.2, 0.25) is 0 Å². The predicted octanol–water partition coefficient (Wildman–Crippen LogP) is 10.9. The Labute approximate surface area is 285 Å². The topological polar surface area (TPSA) is 46.5 Å². The van der Waals surface area contributed by atoms with Gasteiger partial charge in [-0.15, -0.1) is 52.6 Å². The van der Waals surface area contributed by atoms with Crippen molar-refractivity contribution in [2.75, 3.05) is 0 Å². The maximum atomic E-state index is 5.61. The van der Waals surface area contributed by atoms with E-state index in [1.54, 1.807) is 0 Å². The molecule has 0 fully saturated rings. The van der Waals surface area contributed by atoms with E-state index in [0.717, 1.165) is 72.7 Å². The Morgan fingerprint density at radius 1 is 0.542 bits per heavy atom. The molecule has 0 aromatic carbocycles. The Bertz CT molecular complexity index is 2070. The molecule has 0 unspecified atom stereocenters. The van der Waals surface area contributed by atoms with Gasteiger partial charge in [0.25, 0.3) is 0 Å². The van der Waals surface area contributed by atoms with Crippen molar-refractivity contribution in [1.82, 2.24) is 19.5 Å². The summed E-state index contributed by atoms with van der Waals surface area (Å²) in [5.74, 6) is 0. The van der Waals surface area contributed by atoms with Crippen molar-refractivity contribution in [3.8, 4) is 0 Å². The van der Waals surface area contributed by atoms with E-state index < -0.39 is 0 Å². The maximum Gasteiger partial charge on any atom is 0.0732 e. The second-order valence-corrected chi connectivity index (χ2v) is 12.0. The van der Waals surface area contributed by atoms with Crippen LogP contribution in [0.15, 0.2) is 119 Å². The van der Waals surface area contributed by atoms with Gasteiger partial charge in [0.15, 0.2) is 0 Å². The first-order chi connectivity index (χ1) is 23.5. The number of allylic oxidation sites excluding steroid dienone is 10. The van der Waals surface area contributed by atoms with Crippen molar-refractivity contribution < 1.29 is 0 Å². The molecule has 8 bridgehead atoms. The minimum absolute atomic E-state index is 0.606. The van der Waals surface area contributed by atoms with Crippen molar-refractivity contribution in [2.45, 2.75) is 51.5 Å². The number of aromatic amines is 1. The highest BCUT2D eigenvalue weighted by atomic mass is 15.0. The van der Waals surface area contributed by atoms with E-state index in [4.69, 9.17) is 9.97 Å². The highest BCUT2D eigenvalue weighted by Gasteiger charge is 2.27. The van der Waals surface area contributed by atoms with Crippen LogP contribution in [0.3, 0.4) is 0 Å². The monoisotopic (exact) mass is 630 g/mol. The number of nitrogens with one attached hydrogen (secondary N) is 1. The molecule has 0 saturated heterocycles. The molecule has 0 saturated carbocycles. The molecule has 0 radical (unpaired) electrons. The number of H-pyrrole nitrogens is 1. The molecule has 48 heavy (non-hydrogen) atoms. The number of rotatable bonds is 16. The zero-order valence-corrected chi connectivity index (χ0v) is 28.2. The molecule has 2 aliphatic rings. The quantitative estimate of drug-likeness (QED) is 0.125. The van der Waals surface area contributed by atoms with Crippen molar-refractivity contribution in [3.05, 3.63) is 170 Å². The molecule has 4 heteroatoms. The number of hydrogen-bond donors (Lipinski definition) is 1. The highest BCUT2D eigenvalue weighted by molar-refractivity contribution is 5.97. The molecule has 4 nitrogen and oxygen atoms in total. The van der Waals surface area contributed by atoms with Crippen LogP contribution >= 0.6 is 0 Å². The van der Waals surface area contributed by atoms with E-state index in [1.165, 1.54) is 11.1 Å². The second kappa shape index (κ2) is 15.4. The Balaban J connectivity index is 2.20. The molecule has 0 aliphatic carbocycles. The molecule has 1 N–H and O–H groups in total. The minimum Gasteiger partial charge on any atom is -0.355 e. The predicted molar refractivity (Wildman–Crippen MR) is 210 cm³/mol. The number of fused-ring (bicyclic) bond motifs is 8. The molecule has 0 spiro atoms. The average molecular weight is 631 g/mol. The Morgan fingerprint density at radius 3 is 1.69 bits per heavy atom. The summed E-state index contributed by atoms with van der Waals surface area (Å²) >= 11 is 0. The Kier molecular flexibility index (Phi) is 10.9. The standard InChI is InChI=1S/C44H46N4/c1-9-17-30-27-33-28-31-24-25-32(45-31)29-40-34(18-10-2)37(21-13-5)44(48(40)26-16-8)39(23-15-7)43-36(20-12-4)35(19-11-3)42(47-43)38(22-14-6)41(30)46-33/h9-16,24-25,27-29,46H,1-8,17-23,26H2. The first-order valence-electron chi connectivity index (χ1n) is 16.6. The molecule has 242 valence electrons. The third-order valence-corrected chi connectivity index (χ3v) is 8.80. The molecule has 0 amide bonds. The van der Waals surface area contributed by atoms with Crippen LogP contribution in [0.5, 0.6) is 0 Å². The van der Waals surface area contributed by atoms with Gasteiger partial charge in [0.1, 0.15) is 0 Å². The molecule has 0 atom stereocenters. The molecule has 2 aliphatic heterocycles. The van der Waals surface area contributed by atoms with Gasteiger partial charge in [-0.3, -0.25) is 0 Å². The van der Waals surface area contributed by atoms with Crippen molar-refractivity contribution in [2.24, 2.45) is 0 Å². The van der Waals surface area contributed by atoms with Crippen LogP contribution < -0.4 is 0 Å². The summed E-state index contributed by atoms with van der Waals surface area (Å²) in [7, 11) is 0. The molecule has 5 rings (SSSR count). The summed E-state index contributed by atoms with van der Waals surface area (Å²) in [6.07, 6.45) is 24.5. The van der Waals surface area contributed by atoms with Gasteiger partial charge >= 0.3 is 0 Å². The lowest BCUT2D eigenvalue weighted by atomic mass is 9.92. The van der Waals surface area contributed by atoms with Crippen LogP contribution in [-0.2, 0) is 38.6 Å². The van der Waals surface area contributed by atoms with Gasteiger partial charge in [-0.05, 0) is 103 Å². The summed E-state index contributed by atoms with van der Waals surface area (Å²) in [4.78, 5) is 14.4. The Morgan fingerprint density at radius 2 is 1.08 bits per heavy atom. The van der Waals surface area contributed by atoms with Crippen LogP contribution in [0, 0.1) is 0 Å². The zero-order valence-electron chi connectivity index (χ0n) is 28.2. The van der Waals surface area contributed by atoms with E-state index >= 15 is 0 Å². The second-order valence-electron chi connectivity index (χ2n) is 12.0. The minimum atomic E-state index is 0.606. The lowest BCUT2D eigenvalue weighted by Crippen LogP contribution is -2.02. The van der Waals surface area contributed by atoms with Crippen molar-refractivity contribution >= 4 is 45.4 Å². The van der Waals surface area contributed by atoms with Gasteiger partial charge in [0.2, 0.25) is 0 Å². The number of hydrogen-bond acceptors (Lipinski definition) is 2. The molecule has 5 heterocycles. The van der Waals surface area contributed by atoms with Crippen molar-refractivity contribution in [3.63, 3.8) is 0 Å². The maximum absolute atomic E-state index is 5.61. The SMILES string of the molecule is C=CCC1=C(CC=C)c2nc1c(CC=C)c1[nH]c(cc3nc(cc4c(CC=C)c(CC=C)c(c2CC=C)n4CC=C)C=C3)cc1CC=C. The summed E-state index contributed by atoms with van der Waals surface area (Å²) in [5, 5.41) is 0. The van der Waals surface area contributed by atoms with Crippen LogP contribution in [0.1, 0.15) is 63.4 Å². The number of aromatic nitrogens is 4. The van der Waals surface area contributed by atoms with E-state index in [1.807, 2.05) is 48.6 Å². The molecular formula is C44H46N4. The van der Waals surface area contributed by atoms with Crippen molar-refractivity contribution in [1.29, 1.82) is 0 Å². The molecular weight excluding hydrogens is 585 g/mol. The van der Waals surface area contributed by atoms with Gasteiger partial charge in [-0.2, -0.15) is 0 Å². The smallest absolute Gasteiger partial charge is 0.0732 e. The first kappa shape index (κ1) is 33.9. The molecule has 3 aromatic heterocycles. The molecule has 3 aromatic rings. The number of nitrogens with zero attached hydrogens (tertiary/aromatic N) is 3. The van der Waals surface area contributed by atoms with E-state index in [2.05, 4.69) is 92.5 Å².